The van der Waals surface area contributed by atoms with Gasteiger partial charge in [-0.3, -0.25) is 9.59 Å². The van der Waals surface area contributed by atoms with Gasteiger partial charge in [0.15, 0.2) is 10.8 Å². The van der Waals surface area contributed by atoms with Crippen LogP contribution >= 0.6 is 23.4 Å². The summed E-state index contributed by atoms with van der Waals surface area (Å²) in [6.07, 6.45) is 1.45. The summed E-state index contributed by atoms with van der Waals surface area (Å²) in [6, 6.07) is 13.0. The summed E-state index contributed by atoms with van der Waals surface area (Å²) >= 11 is 7.04. The maximum absolute atomic E-state index is 13.2. The number of rotatable bonds is 5. The molecule has 0 fully saturated rings. The van der Waals surface area contributed by atoms with Gasteiger partial charge in [0, 0.05) is 0 Å². The molecule has 0 aliphatic rings. The van der Waals surface area contributed by atoms with Crippen molar-refractivity contribution in [2.75, 3.05) is 5.32 Å². The maximum atomic E-state index is 13.2. The minimum atomic E-state index is -0.611. The van der Waals surface area contributed by atoms with Gasteiger partial charge >= 0.3 is 0 Å². The number of amides is 1. The smallest absolute Gasteiger partial charge is 0.262 e. The Morgan fingerprint density at radius 1 is 1.27 bits per heavy atom. The number of hydrogen-bond donors (Lipinski definition) is 2. The Morgan fingerprint density at radius 2 is 2.03 bits per heavy atom. The van der Waals surface area contributed by atoms with E-state index < -0.39 is 11.1 Å². The first-order chi connectivity index (χ1) is 14.4. The summed E-state index contributed by atoms with van der Waals surface area (Å²) in [5, 5.41) is 7.01. The molecular formula is C20H15ClFN5O2S. The number of nitrogens with one attached hydrogen (secondary N) is 2. The van der Waals surface area contributed by atoms with E-state index in [1.807, 2.05) is 30.3 Å². The van der Waals surface area contributed by atoms with Crippen LogP contribution < -0.4 is 10.9 Å². The van der Waals surface area contributed by atoms with Crippen molar-refractivity contribution in [3.05, 3.63) is 75.9 Å². The van der Waals surface area contributed by atoms with Crippen LogP contribution in [0.25, 0.3) is 16.7 Å². The number of halogens is 2. The molecule has 2 aromatic carbocycles. The van der Waals surface area contributed by atoms with Crippen LogP contribution in [-0.2, 0) is 4.79 Å². The first kappa shape index (κ1) is 20.1. The molecule has 0 aliphatic carbocycles. The van der Waals surface area contributed by atoms with E-state index in [0.717, 1.165) is 23.5 Å². The highest BCUT2D eigenvalue weighted by molar-refractivity contribution is 8.00. The van der Waals surface area contributed by atoms with E-state index in [-0.39, 0.29) is 21.6 Å². The number of fused-ring (bicyclic) bond motifs is 1. The second-order valence-corrected chi connectivity index (χ2v) is 8.11. The summed E-state index contributed by atoms with van der Waals surface area (Å²) < 4.78 is 14.7. The molecule has 0 saturated carbocycles. The molecule has 0 bridgehead atoms. The number of aromatic amines is 1. The van der Waals surface area contributed by atoms with Gasteiger partial charge in [0.1, 0.15) is 11.2 Å². The van der Waals surface area contributed by atoms with Gasteiger partial charge in [-0.05, 0) is 37.3 Å². The minimum Gasteiger partial charge on any atom is -0.324 e. The van der Waals surface area contributed by atoms with Crippen LogP contribution in [0.1, 0.15) is 6.92 Å². The lowest BCUT2D eigenvalue weighted by molar-refractivity contribution is -0.115. The van der Waals surface area contributed by atoms with E-state index in [0.29, 0.717) is 16.7 Å². The van der Waals surface area contributed by atoms with Gasteiger partial charge < -0.3 is 10.3 Å². The monoisotopic (exact) mass is 443 g/mol. The SMILES string of the molecule is C[C@@H](Sc1nc2c(cnn2-c2ccccc2)c(=O)[nH]1)C(=O)Nc1ccc(F)cc1Cl. The van der Waals surface area contributed by atoms with Crippen molar-refractivity contribution < 1.29 is 9.18 Å². The maximum Gasteiger partial charge on any atom is 0.262 e. The van der Waals surface area contributed by atoms with Crippen LogP contribution in [0.3, 0.4) is 0 Å². The summed E-state index contributed by atoms with van der Waals surface area (Å²) in [4.78, 5) is 32.1. The Labute approximate surface area is 179 Å². The number of nitrogens with zero attached hydrogens (tertiary/aromatic N) is 3. The molecule has 152 valence electrons. The van der Waals surface area contributed by atoms with E-state index in [1.165, 1.54) is 18.3 Å². The van der Waals surface area contributed by atoms with Crippen molar-refractivity contribution in [1.82, 2.24) is 19.7 Å². The van der Waals surface area contributed by atoms with Crippen molar-refractivity contribution in [3.63, 3.8) is 0 Å². The highest BCUT2D eigenvalue weighted by Gasteiger charge is 2.19. The Kier molecular flexibility index (Phi) is 5.56. The predicted octanol–water partition coefficient (Wildman–Crippen LogP) is 4.02. The fourth-order valence-electron chi connectivity index (χ4n) is 2.76. The van der Waals surface area contributed by atoms with Gasteiger partial charge in [-0.25, -0.2) is 14.1 Å². The van der Waals surface area contributed by atoms with Gasteiger partial charge in [-0.2, -0.15) is 5.10 Å². The van der Waals surface area contributed by atoms with Gasteiger partial charge in [0.2, 0.25) is 5.91 Å². The Hall–Kier alpha value is -3.17. The second kappa shape index (κ2) is 8.29. The zero-order valence-corrected chi connectivity index (χ0v) is 17.2. The van der Waals surface area contributed by atoms with Crippen LogP contribution in [0.2, 0.25) is 5.02 Å². The number of anilines is 1. The van der Waals surface area contributed by atoms with E-state index in [9.17, 15) is 14.0 Å². The third-order valence-electron chi connectivity index (χ3n) is 4.26. The molecule has 0 saturated heterocycles. The molecule has 4 aromatic rings. The van der Waals surface area contributed by atoms with E-state index in [2.05, 4.69) is 20.4 Å². The Morgan fingerprint density at radius 3 is 2.77 bits per heavy atom. The number of para-hydroxylation sites is 1. The van der Waals surface area contributed by atoms with Crippen molar-refractivity contribution in [2.24, 2.45) is 0 Å². The molecule has 10 heteroatoms. The molecule has 0 radical (unpaired) electrons. The Balaban J connectivity index is 1.58. The van der Waals surface area contributed by atoms with Gasteiger partial charge in [0.25, 0.3) is 5.56 Å². The van der Waals surface area contributed by atoms with Crippen LogP contribution in [0.15, 0.2) is 64.7 Å². The Bertz CT molecular complexity index is 1290. The largest absolute Gasteiger partial charge is 0.324 e. The number of thioether (sulfide) groups is 1. The topological polar surface area (TPSA) is 92.7 Å². The first-order valence-corrected chi connectivity index (χ1v) is 10.1. The summed E-state index contributed by atoms with van der Waals surface area (Å²) in [5.74, 6) is -0.863. The number of H-pyrrole nitrogens is 1. The molecular weight excluding hydrogens is 429 g/mol. The van der Waals surface area contributed by atoms with Gasteiger partial charge in [-0.15, -0.1) is 0 Å². The molecule has 30 heavy (non-hydrogen) atoms. The quantitative estimate of drug-likeness (QED) is 0.359. The number of carbonyl (C=O) groups is 1. The highest BCUT2D eigenvalue weighted by atomic mass is 35.5. The van der Waals surface area contributed by atoms with E-state index >= 15 is 0 Å². The lowest BCUT2D eigenvalue weighted by atomic mass is 10.3. The third kappa shape index (κ3) is 4.07. The summed E-state index contributed by atoms with van der Waals surface area (Å²) in [7, 11) is 0. The molecule has 2 N–H and O–H groups in total. The van der Waals surface area contributed by atoms with E-state index in [1.54, 1.807) is 11.6 Å². The molecule has 0 unspecified atom stereocenters. The van der Waals surface area contributed by atoms with Crippen molar-refractivity contribution in [2.45, 2.75) is 17.3 Å². The lowest BCUT2D eigenvalue weighted by Crippen LogP contribution is -2.23. The number of carbonyl (C=O) groups excluding carboxylic acids is 1. The zero-order valence-electron chi connectivity index (χ0n) is 15.6. The van der Waals surface area contributed by atoms with E-state index in [4.69, 9.17) is 11.6 Å². The molecule has 2 aromatic heterocycles. The fraction of sp³-hybridized carbons (Fsp3) is 0.100. The van der Waals surface area contributed by atoms with Crippen molar-refractivity contribution in [1.29, 1.82) is 0 Å². The van der Waals surface area contributed by atoms with Crippen LogP contribution in [0.4, 0.5) is 10.1 Å². The average Bonchev–Trinajstić information content (AvgIpc) is 3.15. The standard InChI is InChI=1S/C20H15ClFN5O2S/c1-11(18(28)24-16-8-7-12(22)9-15(16)21)30-20-25-17-14(19(29)26-20)10-23-27(17)13-5-3-2-4-6-13/h2-11H,1H3,(H,24,28)(H,25,26,29)/t11-/m1/s1. The highest BCUT2D eigenvalue weighted by Crippen LogP contribution is 2.26. The number of hydrogen-bond acceptors (Lipinski definition) is 5. The molecule has 7 nitrogen and oxygen atoms in total. The predicted molar refractivity (Wildman–Crippen MR) is 115 cm³/mol. The van der Waals surface area contributed by atoms with Crippen LogP contribution in [0.5, 0.6) is 0 Å². The lowest BCUT2D eigenvalue weighted by Gasteiger charge is -2.12. The fourth-order valence-corrected chi connectivity index (χ4v) is 3.76. The molecule has 4 rings (SSSR count). The number of benzene rings is 2. The molecule has 0 aliphatic heterocycles. The van der Waals surface area contributed by atoms with Crippen molar-refractivity contribution >= 4 is 46.0 Å². The minimum absolute atomic E-state index is 0.0975. The number of aromatic nitrogens is 4. The van der Waals surface area contributed by atoms with Gasteiger partial charge in [-0.1, -0.05) is 41.6 Å². The second-order valence-electron chi connectivity index (χ2n) is 6.37. The summed E-state index contributed by atoms with van der Waals surface area (Å²) in [5.41, 5.74) is 1.10. The summed E-state index contributed by atoms with van der Waals surface area (Å²) in [6.45, 7) is 1.66. The molecule has 0 spiro atoms. The van der Waals surface area contributed by atoms with Crippen LogP contribution in [0, 0.1) is 5.82 Å². The van der Waals surface area contributed by atoms with Crippen LogP contribution in [-0.4, -0.2) is 30.9 Å². The molecule has 2 heterocycles. The van der Waals surface area contributed by atoms with Crippen molar-refractivity contribution in [3.8, 4) is 5.69 Å². The zero-order chi connectivity index (χ0) is 21.3. The molecule has 1 atom stereocenters. The third-order valence-corrected chi connectivity index (χ3v) is 5.56. The first-order valence-electron chi connectivity index (χ1n) is 8.88. The van der Waals surface area contributed by atoms with Gasteiger partial charge in [0.05, 0.1) is 27.8 Å². The average molecular weight is 444 g/mol. The molecule has 1 amide bonds. The normalized spacial score (nSPS) is 12.1.